The van der Waals surface area contributed by atoms with Crippen LogP contribution in [0.4, 0.5) is 13.2 Å². The van der Waals surface area contributed by atoms with Gasteiger partial charge >= 0.3 is 0 Å². The molecule has 19 heavy (non-hydrogen) atoms. The Hall–Kier alpha value is -1.13. The highest BCUT2D eigenvalue weighted by Crippen LogP contribution is 2.24. The molecule has 0 heterocycles. The van der Waals surface area contributed by atoms with Crippen molar-refractivity contribution in [3.8, 4) is 0 Å². The van der Waals surface area contributed by atoms with Gasteiger partial charge in [0, 0.05) is 4.47 Å². The number of alkyl halides is 2. The van der Waals surface area contributed by atoms with Crippen molar-refractivity contribution in [2.75, 3.05) is 6.54 Å². The Morgan fingerprint density at radius 1 is 1.42 bits per heavy atom. The summed E-state index contributed by atoms with van der Waals surface area (Å²) in [4.78, 5) is 10.9. The van der Waals surface area contributed by atoms with Gasteiger partial charge in [-0.2, -0.15) is 0 Å². The Bertz CT molecular complexity index is 607. The molecule has 5 nitrogen and oxygen atoms in total. The molecule has 0 aliphatic carbocycles. The van der Waals surface area contributed by atoms with Gasteiger partial charge in [0.15, 0.2) is 0 Å². The molecule has 1 aromatic rings. The molecule has 0 fully saturated rings. The van der Waals surface area contributed by atoms with Gasteiger partial charge < -0.3 is 5.32 Å². The number of benzene rings is 1. The smallest absolute Gasteiger partial charge is 0.255 e. The van der Waals surface area contributed by atoms with Gasteiger partial charge in [0.1, 0.15) is 5.82 Å². The third-order valence-electron chi connectivity index (χ3n) is 1.99. The fourth-order valence-corrected chi connectivity index (χ4v) is 2.79. The quantitative estimate of drug-likeness (QED) is 0.846. The highest BCUT2D eigenvalue weighted by Gasteiger charge is 2.20. The lowest BCUT2D eigenvalue weighted by Crippen LogP contribution is -2.29. The first kappa shape index (κ1) is 15.9. The first-order valence-corrected chi connectivity index (χ1v) is 7.05. The summed E-state index contributed by atoms with van der Waals surface area (Å²) in [5.74, 6) is -2.22. The van der Waals surface area contributed by atoms with Crippen LogP contribution in [0.5, 0.6) is 0 Å². The van der Waals surface area contributed by atoms with Crippen molar-refractivity contribution >= 4 is 31.9 Å². The number of hydrogen-bond acceptors (Lipinski definition) is 3. The van der Waals surface area contributed by atoms with Crippen molar-refractivity contribution in [3.63, 3.8) is 0 Å². The summed E-state index contributed by atoms with van der Waals surface area (Å²) in [7, 11) is -4.18. The molecule has 0 aromatic heterocycles. The second kappa shape index (κ2) is 5.88. The minimum absolute atomic E-state index is 0.169. The molecule has 0 bridgehead atoms. The molecule has 0 saturated heterocycles. The predicted octanol–water partition coefficient (Wildman–Crippen LogP) is 1.23. The fourth-order valence-electron chi connectivity index (χ4n) is 1.19. The van der Waals surface area contributed by atoms with Crippen molar-refractivity contribution in [1.29, 1.82) is 0 Å². The van der Waals surface area contributed by atoms with E-state index in [9.17, 15) is 26.4 Å². The van der Waals surface area contributed by atoms with E-state index in [4.69, 9.17) is 5.14 Å². The number of hydrogen-bond donors (Lipinski definition) is 2. The summed E-state index contributed by atoms with van der Waals surface area (Å²) in [5, 5.41) is 6.62. The number of rotatable bonds is 4. The van der Waals surface area contributed by atoms with E-state index in [-0.39, 0.29) is 4.47 Å². The van der Waals surface area contributed by atoms with Gasteiger partial charge in [-0.05, 0) is 28.1 Å². The summed E-state index contributed by atoms with van der Waals surface area (Å²) >= 11 is 2.78. The van der Waals surface area contributed by atoms with Crippen LogP contribution >= 0.6 is 15.9 Å². The lowest BCUT2D eigenvalue weighted by Gasteiger charge is -2.08. The molecule has 1 rings (SSSR count). The molecule has 1 amide bonds. The number of halogens is 4. The van der Waals surface area contributed by atoms with Crippen LogP contribution in [0.15, 0.2) is 21.5 Å². The van der Waals surface area contributed by atoms with Crippen LogP contribution in [0.25, 0.3) is 0 Å². The van der Waals surface area contributed by atoms with Crippen molar-refractivity contribution in [2.24, 2.45) is 5.14 Å². The summed E-state index contributed by atoms with van der Waals surface area (Å²) in [6.45, 7) is -0.973. The summed E-state index contributed by atoms with van der Waals surface area (Å²) in [5.41, 5.74) is -0.687. The molecule has 0 atom stereocenters. The second-order valence-corrected chi connectivity index (χ2v) is 5.79. The Kier molecular flexibility index (Phi) is 4.93. The van der Waals surface area contributed by atoms with E-state index >= 15 is 0 Å². The van der Waals surface area contributed by atoms with Crippen LogP contribution in [-0.2, 0) is 10.0 Å². The zero-order valence-electron chi connectivity index (χ0n) is 9.16. The standard InChI is InChI=1S/C9H8BrF3N2O3S/c10-5-2-6(11)4(1-7(5)19(14,17)18)9(16)15-3-8(12)13/h1-2,8H,3H2,(H,15,16)(H2,14,17,18). The van der Waals surface area contributed by atoms with E-state index < -0.39 is 45.2 Å². The predicted molar refractivity (Wildman–Crippen MR) is 63.8 cm³/mol. The van der Waals surface area contributed by atoms with Crippen molar-refractivity contribution in [3.05, 3.63) is 28.0 Å². The van der Waals surface area contributed by atoms with E-state index in [1.807, 2.05) is 0 Å². The lowest BCUT2D eigenvalue weighted by atomic mass is 10.2. The Morgan fingerprint density at radius 3 is 2.47 bits per heavy atom. The number of carbonyl (C=O) groups is 1. The molecular formula is C9H8BrF3N2O3S. The van der Waals surface area contributed by atoms with Crippen molar-refractivity contribution in [2.45, 2.75) is 11.3 Å². The Morgan fingerprint density at radius 2 is 2.00 bits per heavy atom. The summed E-state index contributed by atoms with van der Waals surface area (Å²) < 4.78 is 59.5. The third-order valence-corrected chi connectivity index (χ3v) is 3.86. The molecular weight excluding hydrogens is 353 g/mol. The Balaban J connectivity index is 3.19. The maximum Gasteiger partial charge on any atom is 0.255 e. The minimum Gasteiger partial charge on any atom is -0.346 e. The SMILES string of the molecule is NS(=O)(=O)c1cc(C(=O)NCC(F)F)c(F)cc1Br. The summed E-state index contributed by atoms with van der Waals surface area (Å²) in [6, 6.07) is 1.40. The van der Waals surface area contributed by atoms with Gasteiger partial charge in [-0.25, -0.2) is 26.7 Å². The van der Waals surface area contributed by atoms with Crippen LogP contribution < -0.4 is 10.5 Å². The van der Waals surface area contributed by atoms with Gasteiger partial charge in [-0.3, -0.25) is 4.79 Å². The molecule has 3 N–H and O–H groups in total. The van der Waals surface area contributed by atoms with E-state index in [0.717, 1.165) is 6.07 Å². The average molecular weight is 361 g/mol. The number of primary sulfonamides is 1. The van der Waals surface area contributed by atoms with Crippen LogP contribution in [-0.4, -0.2) is 27.3 Å². The molecule has 1 aromatic carbocycles. The molecule has 10 heteroatoms. The maximum atomic E-state index is 13.5. The molecule has 0 spiro atoms. The van der Waals surface area contributed by atoms with E-state index in [2.05, 4.69) is 15.9 Å². The number of carbonyl (C=O) groups excluding carboxylic acids is 1. The lowest BCUT2D eigenvalue weighted by molar-refractivity contribution is 0.0887. The van der Waals surface area contributed by atoms with E-state index in [1.165, 1.54) is 0 Å². The third kappa shape index (κ3) is 4.18. The largest absolute Gasteiger partial charge is 0.346 e. The monoisotopic (exact) mass is 360 g/mol. The first-order chi connectivity index (χ1) is 8.62. The zero-order valence-corrected chi connectivity index (χ0v) is 11.6. The number of amides is 1. The van der Waals surface area contributed by atoms with Crippen molar-refractivity contribution < 1.29 is 26.4 Å². The highest BCUT2D eigenvalue weighted by molar-refractivity contribution is 9.10. The van der Waals surface area contributed by atoms with Crippen LogP contribution in [0.3, 0.4) is 0 Å². The van der Waals surface area contributed by atoms with Gasteiger partial charge in [-0.1, -0.05) is 0 Å². The minimum atomic E-state index is -4.18. The van der Waals surface area contributed by atoms with Gasteiger partial charge in [-0.15, -0.1) is 0 Å². The van der Waals surface area contributed by atoms with Crippen LogP contribution in [0.2, 0.25) is 0 Å². The molecule has 0 radical (unpaired) electrons. The average Bonchev–Trinajstić information content (AvgIpc) is 2.24. The Labute approximate surface area is 115 Å². The van der Waals surface area contributed by atoms with Gasteiger partial charge in [0.25, 0.3) is 12.3 Å². The van der Waals surface area contributed by atoms with E-state index in [1.54, 1.807) is 5.32 Å². The van der Waals surface area contributed by atoms with E-state index in [0.29, 0.717) is 6.07 Å². The topological polar surface area (TPSA) is 89.3 Å². The number of sulfonamides is 1. The molecule has 0 unspecified atom stereocenters. The highest BCUT2D eigenvalue weighted by atomic mass is 79.9. The number of nitrogens with one attached hydrogen (secondary N) is 1. The summed E-state index contributed by atoms with van der Waals surface area (Å²) in [6.07, 6.45) is -2.81. The second-order valence-electron chi connectivity index (χ2n) is 3.41. The van der Waals surface area contributed by atoms with Crippen LogP contribution in [0, 0.1) is 5.82 Å². The maximum absolute atomic E-state index is 13.5. The molecule has 0 aliphatic heterocycles. The van der Waals surface area contributed by atoms with Gasteiger partial charge in [0.05, 0.1) is 17.0 Å². The molecule has 0 saturated carbocycles. The normalized spacial score (nSPS) is 11.7. The zero-order chi connectivity index (χ0) is 14.8. The molecule has 0 aliphatic rings. The first-order valence-electron chi connectivity index (χ1n) is 4.71. The fraction of sp³-hybridized carbons (Fsp3) is 0.222. The molecule has 106 valence electrons. The van der Waals surface area contributed by atoms with Crippen molar-refractivity contribution in [1.82, 2.24) is 5.32 Å². The number of nitrogens with two attached hydrogens (primary N) is 1. The van der Waals surface area contributed by atoms with Crippen LogP contribution in [0.1, 0.15) is 10.4 Å². The van der Waals surface area contributed by atoms with Gasteiger partial charge in [0.2, 0.25) is 10.0 Å².